The Kier molecular flexibility index (Phi) is 3.06. The molecule has 0 amide bonds. The molecular formula is C8H5Cl2FO. The zero-order chi connectivity index (χ0) is 9.14. The van der Waals surface area contributed by atoms with Gasteiger partial charge >= 0.3 is 0 Å². The van der Waals surface area contributed by atoms with E-state index in [-0.39, 0.29) is 17.0 Å². The number of benzene rings is 1. The number of hydrogen-bond acceptors (Lipinski definition) is 1. The van der Waals surface area contributed by atoms with Gasteiger partial charge in [0.25, 0.3) is 0 Å². The summed E-state index contributed by atoms with van der Waals surface area (Å²) in [5.41, 5.74) is 0.152. The second-order valence-electron chi connectivity index (χ2n) is 2.23. The molecule has 0 N–H and O–H groups in total. The van der Waals surface area contributed by atoms with Crippen molar-refractivity contribution in [3.05, 3.63) is 34.6 Å². The first-order chi connectivity index (χ1) is 5.61. The van der Waals surface area contributed by atoms with Gasteiger partial charge in [-0.2, -0.15) is 0 Å². The average Bonchev–Trinajstić information content (AvgIpc) is 1.97. The number of carbonyl (C=O) groups is 1. The fraction of sp³-hybridized carbons (Fsp3) is 0.125. The van der Waals surface area contributed by atoms with Gasteiger partial charge in [-0.15, -0.1) is 0 Å². The lowest BCUT2D eigenvalue weighted by Gasteiger charge is -2.00. The molecule has 1 rings (SSSR count). The summed E-state index contributed by atoms with van der Waals surface area (Å²) in [5.74, 6) is -0.503. The summed E-state index contributed by atoms with van der Waals surface area (Å²) >= 11 is 10.7. The van der Waals surface area contributed by atoms with Crippen LogP contribution in [0.1, 0.15) is 5.56 Å². The zero-order valence-corrected chi connectivity index (χ0v) is 7.49. The molecule has 1 aromatic rings. The Labute approximate surface area is 79.1 Å². The maximum Gasteiger partial charge on any atom is 0.226 e. The lowest BCUT2D eigenvalue weighted by molar-refractivity contribution is -0.111. The van der Waals surface area contributed by atoms with E-state index in [1.807, 2.05) is 0 Å². The first-order valence-electron chi connectivity index (χ1n) is 3.22. The first kappa shape index (κ1) is 9.49. The van der Waals surface area contributed by atoms with Crippen molar-refractivity contribution in [2.24, 2.45) is 0 Å². The summed E-state index contributed by atoms with van der Waals surface area (Å²) in [6, 6.07) is 4.22. The van der Waals surface area contributed by atoms with E-state index in [1.165, 1.54) is 18.2 Å². The molecule has 1 aromatic carbocycles. The molecule has 12 heavy (non-hydrogen) atoms. The molecule has 0 saturated heterocycles. The Morgan fingerprint density at radius 3 is 2.67 bits per heavy atom. The molecule has 0 atom stereocenters. The Morgan fingerprint density at radius 1 is 1.50 bits per heavy atom. The fourth-order valence-electron chi connectivity index (χ4n) is 0.840. The highest BCUT2D eigenvalue weighted by Crippen LogP contribution is 2.19. The molecule has 0 spiro atoms. The Hall–Kier alpha value is -0.600. The molecule has 0 bridgehead atoms. The van der Waals surface area contributed by atoms with E-state index in [0.717, 1.165) is 0 Å². The van der Waals surface area contributed by atoms with Gasteiger partial charge in [0.1, 0.15) is 5.82 Å². The summed E-state index contributed by atoms with van der Waals surface area (Å²) in [7, 11) is 0. The van der Waals surface area contributed by atoms with E-state index in [4.69, 9.17) is 23.2 Å². The lowest BCUT2D eigenvalue weighted by Crippen LogP contribution is -1.97. The molecule has 0 fully saturated rings. The molecule has 1 nitrogen and oxygen atoms in total. The Bertz CT molecular complexity index is 292. The molecule has 0 saturated carbocycles. The van der Waals surface area contributed by atoms with Gasteiger partial charge in [-0.1, -0.05) is 17.7 Å². The van der Waals surface area contributed by atoms with Gasteiger partial charge in [-0.05, 0) is 23.7 Å². The van der Waals surface area contributed by atoms with Crippen LogP contribution in [0.2, 0.25) is 5.02 Å². The summed E-state index contributed by atoms with van der Waals surface area (Å²) in [5, 5.41) is -0.397. The van der Waals surface area contributed by atoms with E-state index in [2.05, 4.69) is 0 Å². The van der Waals surface area contributed by atoms with Crippen LogP contribution < -0.4 is 0 Å². The predicted octanol–water partition coefficient (Wildman–Crippen LogP) is 2.79. The molecule has 0 heterocycles. The van der Waals surface area contributed by atoms with E-state index in [0.29, 0.717) is 0 Å². The smallest absolute Gasteiger partial charge is 0.226 e. The standard InChI is InChI=1S/C8H5Cl2FO/c9-6-2-1-3-7(11)5(6)4-8(10)12/h1-3H,4H2. The van der Waals surface area contributed by atoms with E-state index < -0.39 is 11.1 Å². The number of carbonyl (C=O) groups excluding carboxylic acids is 1. The largest absolute Gasteiger partial charge is 0.281 e. The minimum atomic E-state index is -0.623. The zero-order valence-electron chi connectivity index (χ0n) is 5.98. The molecule has 0 aliphatic rings. The van der Waals surface area contributed by atoms with Gasteiger partial charge in [-0.25, -0.2) is 4.39 Å². The van der Waals surface area contributed by atoms with Crippen LogP contribution in [-0.2, 0) is 11.2 Å². The van der Waals surface area contributed by atoms with Crippen molar-refractivity contribution in [3.8, 4) is 0 Å². The molecule has 4 heteroatoms. The number of halogens is 3. The minimum Gasteiger partial charge on any atom is -0.281 e. The molecule has 0 aromatic heterocycles. The van der Waals surface area contributed by atoms with Crippen molar-refractivity contribution >= 4 is 28.4 Å². The van der Waals surface area contributed by atoms with Crippen LogP contribution in [0, 0.1) is 5.82 Å². The third-order valence-electron chi connectivity index (χ3n) is 1.38. The highest BCUT2D eigenvalue weighted by atomic mass is 35.5. The maximum absolute atomic E-state index is 12.9. The van der Waals surface area contributed by atoms with E-state index in [1.54, 1.807) is 0 Å². The molecule has 0 unspecified atom stereocenters. The molecule has 0 aliphatic heterocycles. The van der Waals surface area contributed by atoms with Crippen LogP contribution in [0.15, 0.2) is 18.2 Å². The second kappa shape index (κ2) is 3.87. The summed E-state index contributed by atoms with van der Waals surface area (Å²) in [6.07, 6.45) is -0.174. The van der Waals surface area contributed by atoms with Crippen molar-refractivity contribution in [2.45, 2.75) is 6.42 Å². The molecule has 0 aliphatic carbocycles. The normalized spacial score (nSPS) is 9.92. The van der Waals surface area contributed by atoms with E-state index >= 15 is 0 Å². The van der Waals surface area contributed by atoms with Crippen molar-refractivity contribution in [1.82, 2.24) is 0 Å². The second-order valence-corrected chi connectivity index (χ2v) is 3.06. The van der Waals surface area contributed by atoms with E-state index in [9.17, 15) is 9.18 Å². The fourth-order valence-corrected chi connectivity index (χ4v) is 1.20. The number of rotatable bonds is 2. The third kappa shape index (κ3) is 2.19. The van der Waals surface area contributed by atoms with Crippen molar-refractivity contribution in [1.29, 1.82) is 0 Å². The molecule has 64 valence electrons. The van der Waals surface area contributed by atoms with Gasteiger partial charge in [0.15, 0.2) is 0 Å². The SMILES string of the molecule is O=C(Cl)Cc1c(F)cccc1Cl. The van der Waals surface area contributed by atoms with Gasteiger partial charge in [0.05, 0.1) is 6.42 Å². The highest BCUT2D eigenvalue weighted by molar-refractivity contribution is 6.63. The topological polar surface area (TPSA) is 17.1 Å². The number of hydrogen-bond donors (Lipinski definition) is 0. The Morgan fingerprint density at radius 2 is 2.17 bits per heavy atom. The van der Waals surface area contributed by atoms with Crippen molar-refractivity contribution in [2.75, 3.05) is 0 Å². The molecule has 0 radical (unpaired) electrons. The first-order valence-corrected chi connectivity index (χ1v) is 3.98. The van der Waals surface area contributed by atoms with Crippen LogP contribution in [-0.4, -0.2) is 5.24 Å². The van der Waals surface area contributed by atoms with Crippen LogP contribution in [0.25, 0.3) is 0 Å². The third-order valence-corrected chi connectivity index (χ3v) is 1.87. The Balaban J connectivity index is 3.04. The summed E-state index contributed by atoms with van der Waals surface area (Å²) < 4.78 is 12.9. The van der Waals surface area contributed by atoms with Crippen LogP contribution in [0.3, 0.4) is 0 Å². The lowest BCUT2D eigenvalue weighted by atomic mass is 10.1. The van der Waals surface area contributed by atoms with Crippen LogP contribution in [0.4, 0.5) is 4.39 Å². The maximum atomic E-state index is 12.9. The highest BCUT2D eigenvalue weighted by Gasteiger charge is 2.09. The van der Waals surface area contributed by atoms with Gasteiger partial charge in [0.2, 0.25) is 5.24 Å². The van der Waals surface area contributed by atoms with Crippen LogP contribution >= 0.6 is 23.2 Å². The summed E-state index contributed by atoms with van der Waals surface area (Å²) in [4.78, 5) is 10.5. The quantitative estimate of drug-likeness (QED) is 0.681. The van der Waals surface area contributed by atoms with Crippen LogP contribution in [0.5, 0.6) is 0 Å². The minimum absolute atomic E-state index is 0.152. The van der Waals surface area contributed by atoms with Crippen molar-refractivity contribution in [3.63, 3.8) is 0 Å². The van der Waals surface area contributed by atoms with Gasteiger partial charge < -0.3 is 0 Å². The molecular weight excluding hydrogens is 202 g/mol. The van der Waals surface area contributed by atoms with Gasteiger partial charge in [-0.3, -0.25) is 4.79 Å². The predicted molar refractivity (Wildman–Crippen MR) is 46.0 cm³/mol. The van der Waals surface area contributed by atoms with Crippen molar-refractivity contribution < 1.29 is 9.18 Å². The monoisotopic (exact) mass is 206 g/mol. The summed E-state index contributed by atoms with van der Waals surface area (Å²) in [6.45, 7) is 0. The average molecular weight is 207 g/mol. The van der Waals surface area contributed by atoms with Gasteiger partial charge in [0, 0.05) is 10.6 Å².